The third kappa shape index (κ3) is 1.75. The molecule has 2 heterocycles. The normalized spacial score (nSPS) is 10.8. The molecular formula is C10H7N3S3. The summed E-state index contributed by atoms with van der Waals surface area (Å²) in [5.41, 5.74) is 1.04. The second kappa shape index (κ2) is 3.97. The summed E-state index contributed by atoms with van der Waals surface area (Å²) in [6, 6.07) is 9.98. The van der Waals surface area contributed by atoms with Gasteiger partial charge >= 0.3 is 0 Å². The molecule has 0 amide bonds. The molecule has 3 rings (SSSR count). The Hall–Kier alpha value is -1.24. The van der Waals surface area contributed by atoms with Crippen LogP contribution in [0.3, 0.4) is 0 Å². The third-order valence-electron chi connectivity index (χ3n) is 2.06. The Balaban J connectivity index is 1.98. The van der Waals surface area contributed by atoms with Gasteiger partial charge in [-0.15, -0.1) is 16.4 Å². The van der Waals surface area contributed by atoms with Crippen molar-refractivity contribution in [1.29, 1.82) is 0 Å². The van der Waals surface area contributed by atoms with E-state index in [0.717, 1.165) is 19.6 Å². The van der Waals surface area contributed by atoms with Crippen LogP contribution in [0.5, 0.6) is 0 Å². The number of fused-ring (bicyclic) bond motifs is 1. The Bertz CT molecular complexity index is 665. The zero-order chi connectivity index (χ0) is 11.0. The summed E-state index contributed by atoms with van der Waals surface area (Å²) in [5.74, 6) is 0. The molecule has 0 aliphatic carbocycles. The number of rotatable bonds is 2. The molecule has 0 aliphatic heterocycles. The largest absolute Gasteiger partial charge is 0.330 e. The molecule has 2 aromatic heterocycles. The van der Waals surface area contributed by atoms with Gasteiger partial charge in [-0.25, -0.2) is 0 Å². The zero-order valence-corrected chi connectivity index (χ0v) is 10.5. The van der Waals surface area contributed by atoms with Crippen molar-refractivity contribution in [2.24, 2.45) is 0 Å². The standard InChI is InChI=1S/C10H7N3S3/c14-10-13-8(6-15-10)16-9(12-13)11-7-4-2-1-3-5-7/h1-6H,(H,11,12). The highest BCUT2D eigenvalue weighted by Gasteiger charge is 2.04. The van der Waals surface area contributed by atoms with Crippen LogP contribution in [0.4, 0.5) is 10.8 Å². The molecule has 16 heavy (non-hydrogen) atoms. The average molecular weight is 265 g/mol. The number of hydrogen-bond acceptors (Lipinski definition) is 5. The highest BCUT2D eigenvalue weighted by molar-refractivity contribution is 7.73. The summed E-state index contributed by atoms with van der Waals surface area (Å²) in [4.78, 5) is 1.08. The van der Waals surface area contributed by atoms with E-state index < -0.39 is 0 Å². The molecule has 0 saturated heterocycles. The minimum atomic E-state index is 0.785. The van der Waals surface area contributed by atoms with Crippen molar-refractivity contribution in [1.82, 2.24) is 9.61 Å². The molecule has 3 aromatic rings. The van der Waals surface area contributed by atoms with Gasteiger partial charge in [0.05, 0.1) is 0 Å². The van der Waals surface area contributed by atoms with Crippen LogP contribution in [0.25, 0.3) is 4.83 Å². The minimum absolute atomic E-state index is 0.785. The van der Waals surface area contributed by atoms with Crippen LogP contribution >= 0.6 is 34.9 Å². The first-order valence-corrected chi connectivity index (χ1v) is 6.73. The molecule has 0 unspecified atom stereocenters. The Labute approximate surface area is 105 Å². The Morgan fingerprint density at radius 3 is 2.81 bits per heavy atom. The second-order valence-corrected chi connectivity index (χ2v) is 5.66. The average Bonchev–Trinajstić information content (AvgIpc) is 2.83. The highest BCUT2D eigenvalue weighted by Crippen LogP contribution is 2.25. The van der Waals surface area contributed by atoms with E-state index in [2.05, 4.69) is 10.4 Å². The maximum Gasteiger partial charge on any atom is 0.208 e. The topological polar surface area (TPSA) is 29.3 Å². The Morgan fingerprint density at radius 1 is 1.25 bits per heavy atom. The summed E-state index contributed by atoms with van der Waals surface area (Å²) < 4.78 is 2.57. The number of para-hydroxylation sites is 1. The first-order chi connectivity index (χ1) is 7.83. The van der Waals surface area contributed by atoms with Gasteiger partial charge in [0.15, 0.2) is 3.95 Å². The fourth-order valence-electron chi connectivity index (χ4n) is 1.35. The van der Waals surface area contributed by atoms with Crippen molar-refractivity contribution in [2.75, 3.05) is 5.32 Å². The molecule has 0 radical (unpaired) electrons. The summed E-state index contributed by atoms with van der Waals surface area (Å²) in [6.45, 7) is 0. The van der Waals surface area contributed by atoms with E-state index in [1.54, 1.807) is 15.9 Å². The monoisotopic (exact) mass is 265 g/mol. The summed E-state index contributed by atoms with van der Waals surface area (Å²) in [7, 11) is 0. The lowest BCUT2D eigenvalue weighted by Gasteiger charge is -1.99. The molecule has 6 heteroatoms. The van der Waals surface area contributed by atoms with Crippen molar-refractivity contribution < 1.29 is 0 Å². The number of anilines is 2. The molecule has 0 bridgehead atoms. The fraction of sp³-hybridized carbons (Fsp3) is 0. The van der Waals surface area contributed by atoms with E-state index in [-0.39, 0.29) is 0 Å². The molecular weight excluding hydrogens is 258 g/mol. The summed E-state index contributed by atoms with van der Waals surface area (Å²) in [5, 5.41) is 10.5. The van der Waals surface area contributed by atoms with Gasteiger partial charge in [0, 0.05) is 11.1 Å². The fourth-order valence-corrected chi connectivity index (χ4v) is 3.34. The van der Waals surface area contributed by atoms with E-state index >= 15 is 0 Å². The molecule has 0 saturated carbocycles. The van der Waals surface area contributed by atoms with Gasteiger partial charge in [0.2, 0.25) is 5.13 Å². The Morgan fingerprint density at radius 2 is 2.06 bits per heavy atom. The maximum absolute atomic E-state index is 5.16. The second-order valence-electron chi connectivity index (χ2n) is 3.15. The lowest BCUT2D eigenvalue weighted by Crippen LogP contribution is -1.90. The van der Waals surface area contributed by atoms with E-state index in [9.17, 15) is 0 Å². The quantitative estimate of drug-likeness (QED) is 0.712. The molecule has 0 spiro atoms. The predicted molar refractivity (Wildman–Crippen MR) is 71.5 cm³/mol. The Kier molecular flexibility index (Phi) is 2.47. The minimum Gasteiger partial charge on any atom is -0.330 e. The first-order valence-electron chi connectivity index (χ1n) is 4.62. The van der Waals surface area contributed by atoms with Crippen LogP contribution in [0.1, 0.15) is 0 Å². The van der Waals surface area contributed by atoms with Gasteiger partial charge in [0.1, 0.15) is 4.83 Å². The number of thiazole rings is 1. The number of nitrogens with zero attached hydrogens (tertiary/aromatic N) is 2. The smallest absolute Gasteiger partial charge is 0.208 e. The molecule has 1 aromatic carbocycles. The van der Waals surface area contributed by atoms with Crippen molar-refractivity contribution in [3.63, 3.8) is 0 Å². The first kappa shape index (κ1) is 9.95. The molecule has 0 fully saturated rings. The van der Waals surface area contributed by atoms with E-state index in [0.29, 0.717) is 0 Å². The summed E-state index contributed by atoms with van der Waals surface area (Å²) >= 11 is 8.30. The van der Waals surface area contributed by atoms with Crippen LogP contribution in [0.15, 0.2) is 35.7 Å². The predicted octanol–water partition coefficient (Wildman–Crippen LogP) is 3.93. The van der Waals surface area contributed by atoms with Crippen molar-refractivity contribution in [3.05, 3.63) is 39.7 Å². The van der Waals surface area contributed by atoms with Crippen LogP contribution < -0.4 is 5.32 Å². The number of hydrogen-bond donors (Lipinski definition) is 1. The number of benzene rings is 1. The van der Waals surface area contributed by atoms with Gasteiger partial charge in [0.25, 0.3) is 0 Å². The van der Waals surface area contributed by atoms with Gasteiger partial charge < -0.3 is 5.32 Å². The SMILES string of the molecule is S=c1scc2sc(Nc3ccccc3)nn12. The van der Waals surface area contributed by atoms with Crippen LogP contribution in [-0.4, -0.2) is 9.61 Å². The van der Waals surface area contributed by atoms with Gasteiger partial charge in [-0.1, -0.05) is 29.5 Å². The van der Waals surface area contributed by atoms with Gasteiger partial charge in [-0.3, -0.25) is 0 Å². The number of aromatic nitrogens is 2. The van der Waals surface area contributed by atoms with E-state index in [1.165, 1.54) is 11.3 Å². The van der Waals surface area contributed by atoms with Gasteiger partial charge in [-0.2, -0.15) is 4.52 Å². The van der Waals surface area contributed by atoms with Crippen LogP contribution in [0.2, 0.25) is 0 Å². The highest BCUT2D eigenvalue weighted by atomic mass is 32.1. The lowest BCUT2D eigenvalue weighted by molar-refractivity contribution is 0.976. The van der Waals surface area contributed by atoms with E-state index in [4.69, 9.17) is 12.2 Å². The van der Waals surface area contributed by atoms with Crippen molar-refractivity contribution in [3.8, 4) is 0 Å². The molecule has 1 N–H and O–H groups in total. The van der Waals surface area contributed by atoms with Crippen LogP contribution in [0, 0.1) is 3.95 Å². The lowest BCUT2D eigenvalue weighted by atomic mass is 10.3. The van der Waals surface area contributed by atoms with Crippen molar-refractivity contribution in [2.45, 2.75) is 0 Å². The zero-order valence-electron chi connectivity index (χ0n) is 8.08. The van der Waals surface area contributed by atoms with E-state index in [1.807, 2.05) is 35.7 Å². The summed E-state index contributed by atoms with van der Waals surface area (Å²) in [6.07, 6.45) is 0. The molecule has 0 aliphatic rings. The van der Waals surface area contributed by atoms with Gasteiger partial charge in [-0.05, 0) is 24.4 Å². The number of nitrogens with one attached hydrogen (secondary N) is 1. The van der Waals surface area contributed by atoms with Crippen LogP contribution in [-0.2, 0) is 0 Å². The molecule has 3 nitrogen and oxygen atoms in total. The third-order valence-corrected chi connectivity index (χ3v) is 4.26. The molecule has 0 atom stereocenters. The van der Waals surface area contributed by atoms with Crippen molar-refractivity contribution >= 4 is 50.5 Å². The molecule has 80 valence electrons. The maximum atomic E-state index is 5.16.